The molecule has 0 saturated heterocycles. The minimum atomic E-state index is -0.551. The topological polar surface area (TPSA) is 46.5 Å². The standard InChI is InChI=1S/C10H15ClO3/c1-14-10(13)7-5-3-2-4-6-9(12)8-11/h9,12H,3,5-8H2,1H3. The van der Waals surface area contributed by atoms with Crippen molar-refractivity contribution in [3.8, 4) is 11.8 Å². The van der Waals surface area contributed by atoms with Gasteiger partial charge in [0, 0.05) is 25.1 Å². The van der Waals surface area contributed by atoms with Crippen molar-refractivity contribution < 1.29 is 14.6 Å². The Morgan fingerprint density at radius 1 is 1.57 bits per heavy atom. The first-order valence-corrected chi connectivity index (χ1v) is 5.00. The lowest BCUT2D eigenvalue weighted by Crippen LogP contribution is -2.05. The largest absolute Gasteiger partial charge is 0.469 e. The summed E-state index contributed by atoms with van der Waals surface area (Å²) in [6.45, 7) is 0. The van der Waals surface area contributed by atoms with Gasteiger partial charge in [-0.15, -0.1) is 23.4 Å². The zero-order valence-corrected chi connectivity index (χ0v) is 9.01. The lowest BCUT2D eigenvalue weighted by Gasteiger charge is -1.97. The number of halogens is 1. The highest BCUT2D eigenvalue weighted by Gasteiger charge is 1.98. The molecule has 4 heteroatoms. The van der Waals surface area contributed by atoms with Crippen LogP contribution in [0.5, 0.6) is 0 Å². The maximum Gasteiger partial charge on any atom is 0.305 e. The zero-order valence-electron chi connectivity index (χ0n) is 8.25. The first-order valence-electron chi connectivity index (χ1n) is 4.47. The van der Waals surface area contributed by atoms with Crippen LogP contribution < -0.4 is 0 Å². The normalized spacial score (nSPS) is 11.4. The number of carbonyl (C=O) groups excluding carboxylic acids is 1. The summed E-state index contributed by atoms with van der Waals surface area (Å²) in [7, 11) is 1.37. The van der Waals surface area contributed by atoms with Gasteiger partial charge in [-0.3, -0.25) is 4.79 Å². The number of alkyl halides is 1. The maximum absolute atomic E-state index is 10.7. The van der Waals surface area contributed by atoms with Crippen molar-refractivity contribution in [2.75, 3.05) is 13.0 Å². The molecule has 80 valence electrons. The second-order valence-electron chi connectivity index (χ2n) is 2.80. The summed E-state index contributed by atoms with van der Waals surface area (Å²) < 4.78 is 4.47. The Morgan fingerprint density at radius 3 is 2.86 bits per heavy atom. The fraction of sp³-hybridized carbons (Fsp3) is 0.700. The van der Waals surface area contributed by atoms with E-state index < -0.39 is 6.10 Å². The summed E-state index contributed by atoms with van der Waals surface area (Å²) >= 11 is 5.37. The van der Waals surface area contributed by atoms with Gasteiger partial charge in [0.25, 0.3) is 0 Å². The molecule has 0 aromatic rings. The van der Waals surface area contributed by atoms with E-state index in [0.717, 1.165) is 0 Å². The smallest absolute Gasteiger partial charge is 0.305 e. The van der Waals surface area contributed by atoms with Crippen LogP contribution in [0, 0.1) is 11.8 Å². The predicted molar refractivity (Wildman–Crippen MR) is 55.0 cm³/mol. The molecular formula is C10H15ClO3. The summed E-state index contributed by atoms with van der Waals surface area (Å²) in [5.41, 5.74) is 0. The van der Waals surface area contributed by atoms with E-state index in [-0.39, 0.29) is 11.8 Å². The van der Waals surface area contributed by atoms with Crippen LogP contribution in [0.4, 0.5) is 0 Å². The molecule has 1 unspecified atom stereocenters. The van der Waals surface area contributed by atoms with Crippen molar-refractivity contribution in [1.82, 2.24) is 0 Å². The summed E-state index contributed by atoms with van der Waals surface area (Å²) in [6, 6.07) is 0. The Bertz CT molecular complexity index is 217. The van der Waals surface area contributed by atoms with Gasteiger partial charge in [-0.2, -0.15) is 0 Å². The van der Waals surface area contributed by atoms with Crippen molar-refractivity contribution >= 4 is 17.6 Å². The van der Waals surface area contributed by atoms with Crippen molar-refractivity contribution in [3.63, 3.8) is 0 Å². The minimum absolute atomic E-state index is 0.205. The lowest BCUT2D eigenvalue weighted by molar-refractivity contribution is -0.140. The Hall–Kier alpha value is -0.720. The number of unbranched alkanes of at least 4 members (excludes halogenated alkanes) is 1. The van der Waals surface area contributed by atoms with E-state index in [0.29, 0.717) is 25.7 Å². The number of hydrogen-bond donors (Lipinski definition) is 1. The van der Waals surface area contributed by atoms with Gasteiger partial charge in [0.15, 0.2) is 0 Å². The van der Waals surface area contributed by atoms with Gasteiger partial charge >= 0.3 is 5.97 Å². The molecule has 0 rings (SSSR count). The molecule has 3 nitrogen and oxygen atoms in total. The highest BCUT2D eigenvalue weighted by atomic mass is 35.5. The van der Waals surface area contributed by atoms with Gasteiger partial charge < -0.3 is 9.84 Å². The van der Waals surface area contributed by atoms with Gasteiger partial charge in [0.2, 0.25) is 0 Å². The number of aliphatic hydroxyl groups is 1. The molecule has 1 atom stereocenters. The third kappa shape index (κ3) is 7.90. The fourth-order valence-corrected chi connectivity index (χ4v) is 0.865. The van der Waals surface area contributed by atoms with Gasteiger partial charge in [0.1, 0.15) is 0 Å². The molecule has 0 spiro atoms. The highest BCUT2D eigenvalue weighted by molar-refractivity contribution is 6.18. The molecule has 0 aromatic carbocycles. The summed E-state index contributed by atoms with van der Waals surface area (Å²) in [6.07, 6.45) is 1.57. The fourth-order valence-electron chi connectivity index (χ4n) is 0.756. The molecule has 0 amide bonds. The summed E-state index contributed by atoms with van der Waals surface area (Å²) in [5.74, 6) is 5.63. The summed E-state index contributed by atoms with van der Waals surface area (Å²) in [4.78, 5) is 10.7. The number of esters is 1. The number of carbonyl (C=O) groups is 1. The molecule has 0 aliphatic rings. The van der Waals surface area contributed by atoms with E-state index in [9.17, 15) is 4.79 Å². The quantitative estimate of drug-likeness (QED) is 0.328. The predicted octanol–water partition coefficient (Wildman–Crippen LogP) is 1.32. The molecule has 0 saturated carbocycles. The number of rotatable bonds is 5. The van der Waals surface area contributed by atoms with Crippen LogP contribution in [0.25, 0.3) is 0 Å². The van der Waals surface area contributed by atoms with Crippen LogP contribution >= 0.6 is 11.6 Å². The van der Waals surface area contributed by atoms with Gasteiger partial charge in [-0.25, -0.2) is 0 Å². The van der Waals surface area contributed by atoms with E-state index in [1.54, 1.807) is 0 Å². The van der Waals surface area contributed by atoms with Crippen molar-refractivity contribution in [2.45, 2.75) is 31.8 Å². The first kappa shape index (κ1) is 13.3. The van der Waals surface area contributed by atoms with Crippen molar-refractivity contribution in [3.05, 3.63) is 0 Å². The monoisotopic (exact) mass is 218 g/mol. The Labute approximate surface area is 89.4 Å². The van der Waals surface area contributed by atoms with Crippen LogP contribution in [0.15, 0.2) is 0 Å². The van der Waals surface area contributed by atoms with Crippen LogP contribution in [-0.4, -0.2) is 30.2 Å². The van der Waals surface area contributed by atoms with E-state index in [1.165, 1.54) is 7.11 Å². The average Bonchev–Trinajstić information content (AvgIpc) is 2.22. The Morgan fingerprint density at radius 2 is 2.29 bits per heavy atom. The van der Waals surface area contributed by atoms with Crippen LogP contribution in [0.1, 0.15) is 25.7 Å². The van der Waals surface area contributed by atoms with E-state index >= 15 is 0 Å². The lowest BCUT2D eigenvalue weighted by atomic mass is 10.2. The Kier molecular flexibility index (Phi) is 8.40. The second kappa shape index (κ2) is 8.86. The SMILES string of the molecule is COC(=O)CCCC#CCC(O)CCl. The number of ether oxygens (including phenoxy) is 1. The third-order valence-electron chi connectivity index (χ3n) is 1.55. The highest BCUT2D eigenvalue weighted by Crippen LogP contribution is 1.96. The van der Waals surface area contributed by atoms with Crippen LogP contribution in [-0.2, 0) is 9.53 Å². The van der Waals surface area contributed by atoms with Gasteiger partial charge in [-0.05, 0) is 6.42 Å². The van der Waals surface area contributed by atoms with Gasteiger partial charge in [0.05, 0.1) is 13.2 Å². The van der Waals surface area contributed by atoms with E-state index in [2.05, 4.69) is 16.6 Å². The molecule has 14 heavy (non-hydrogen) atoms. The molecule has 0 bridgehead atoms. The third-order valence-corrected chi connectivity index (χ3v) is 1.91. The molecule has 0 aromatic heterocycles. The molecule has 0 fully saturated rings. The number of methoxy groups -OCH3 is 1. The van der Waals surface area contributed by atoms with Crippen molar-refractivity contribution in [2.24, 2.45) is 0 Å². The summed E-state index contributed by atoms with van der Waals surface area (Å²) in [5, 5.41) is 9.03. The number of hydrogen-bond acceptors (Lipinski definition) is 3. The van der Waals surface area contributed by atoms with Crippen LogP contribution in [0.3, 0.4) is 0 Å². The average molecular weight is 219 g/mol. The molecule has 0 aliphatic heterocycles. The minimum Gasteiger partial charge on any atom is -0.469 e. The van der Waals surface area contributed by atoms with Gasteiger partial charge in [-0.1, -0.05) is 0 Å². The maximum atomic E-state index is 10.7. The zero-order chi connectivity index (χ0) is 10.8. The molecule has 0 heterocycles. The van der Waals surface area contributed by atoms with E-state index in [4.69, 9.17) is 16.7 Å². The molecular weight excluding hydrogens is 204 g/mol. The Balaban J connectivity index is 3.39. The second-order valence-corrected chi connectivity index (χ2v) is 3.10. The number of aliphatic hydroxyl groups excluding tert-OH is 1. The molecule has 0 aliphatic carbocycles. The van der Waals surface area contributed by atoms with E-state index in [1.807, 2.05) is 0 Å². The first-order chi connectivity index (χ1) is 6.70. The molecule has 0 radical (unpaired) electrons. The molecule has 1 N–H and O–H groups in total. The van der Waals surface area contributed by atoms with Crippen molar-refractivity contribution in [1.29, 1.82) is 0 Å². The van der Waals surface area contributed by atoms with Crippen LogP contribution in [0.2, 0.25) is 0 Å².